The highest BCUT2D eigenvalue weighted by Crippen LogP contribution is 2.31. The van der Waals surface area contributed by atoms with Gasteiger partial charge in [0.25, 0.3) is 0 Å². The summed E-state index contributed by atoms with van der Waals surface area (Å²) in [6.45, 7) is 1.72. The van der Waals surface area contributed by atoms with Crippen LogP contribution in [0, 0.1) is 5.92 Å². The Balaban J connectivity index is 0.00000121. The largest absolute Gasteiger partial charge is 0.342 e. The van der Waals surface area contributed by atoms with Gasteiger partial charge in [-0.1, -0.05) is 6.42 Å². The summed E-state index contributed by atoms with van der Waals surface area (Å²) in [6, 6.07) is 0.217. The second kappa shape index (κ2) is 8.18. The third kappa shape index (κ3) is 4.15. The molecular weight excluding hydrogens is 323 g/mol. The van der Waals surface area contributed by atoms with Gasteiger partial charge in [0.1, 0.15) is 0 Å². The standard InChI is InChI=1S/C15H24N4O.2ClH/c1-18-9-13(8-17-18)12-5-6-19(10-12)15(20)11-3-2-4-14(16)7-11;;/h8-9,11-12,14H,2-7,10,16H2,1H3;2*1H. The van der Waals surface area contributed by atoms with E-state index in [-0.39, 0.29) is 36.8 Å². The average molecular weight is 349 g/mol. The first-order valence-corrected chi connectivity index (χ1v) is 7.66. The van der Waals surface area contributed by atoms with Crippen molar-refractivity contribution >= 4 is 30.7 Å². The average Bonchev–Trinajstić information content (AvgIpc) is 3.06. The first kappa shape index (κ1) is 19.3. The minimum Gasteiger partial charge on any atom is -0.342 e. The van der Waals surface area contributed by atoms with Gasteiger partial charge in [-0.3, -0.25) is 9.48 Å². The highest BCUT2D eigenvalue weighted by atomic mass is 35.5. The Morgan fingerprint density at radius 2 is 2.09 bits per heavy atom. The first-order chi connectivity index (χ1) is 9.63. The van der Waals surface area contributed by atoms with Crippen molar-refractivity contribution in [3.63, 3.8) is 0 Å². The van der Waals surface area contributed by atoms with Crippen molar-refractivity contribution < 1.29 is 4.79 Å². The number of carbonyl (C=O) groups is 1. The Labute approximate surface area is 144 Å². The number of rotatable bonds is 2. The smallest absolute Gasteiger partial charge is 0.225 e. The molecule has 3 unspecified atom stereocenters. The molecule has 1 aromatic rings. The number of halogens is 2. The summed E-state index contributed by atoms with van der Waals surface area (Å²) in [5.74, 6) is 0.933. The normalized spacial score (nSPS) is 27.9. The molecule has 1 amide bonds. The van der Waals surface area contributed by atoms with E-state index in [1.807, 2.05) is 22.8 Å². The molecule has 0 bridgehead atoms. The molecule has 126 valence electrons. The predicted octanol–water partition coefficient (Wildman–Crippen LogP) is 2.10. The van der Waals surface area contributed by atoms with Gasteiger partial charge in [0.2, 0.25) is 5.91 Å². The Morgan fingerprint density at radius 1 is 1.32 bits per heavy atom. The lowest BCUT2D eigenvalue weighted by atomic mass is 9.85. The summed E-state index contributed by atoms with van der Waals surface area (Å²) in [5, 5.41) is 4.23. The van der Waals surface area contributed by atoms with Crippen LogP contribution in [0.3, 0.4) is 0 Å². The molecule has 2 N–H and O–H groups in total. The lowest BCUT2D eigenvalue weighted by Gasteiger charge is -2.29. The molecule has 1 aliphatic heterocycles. The third-order valence-corrected chi connectivity index (χ3v) is 4.76. The summed E-state index contributed by atoms with van der Waals surface area (Å²) in [6.07, 6.45) is 9.09. The number of aryl methyl sites for hydroxylation is 1. The zero-order valence-electron chi connectivity index (χ0n) is 13.0. The fourth-order valence-corrected chi connectivity index (χ4v) is 3.59. The van der Waals surface area contributed by atoms with Gasteiger partial charge in [-0.05, 0) is 31.2 Å². The molecular formula is C15H26Cl2N4O. The maximum atomic E-state index is 12.6. The van der Waals surface area contributed by atoms with Crippen LogP contribution in [0.4, 0.5) is 0 Å². The van der Waals surface area contributed by atoms with Crippen LogP contribution in [0.2, 0.25) is 0 Å². The molecule has 2 aliphatic rings. The van der Waals surface area contributed by atoms with E-state index in [0.717, 1.165) is 45.2 Å². The van der Waals surface area contributed by atoms with Gasteiger partial charge in [-0.2, -0.15) is 5.10 Å². The summed E-state index contributed by atoms with van der Waals surface area (Å²) < 4.78 is 1.83. The minimum atomic E-state index is 0. The molecule has 1 aliphatic carbocycles. The zero-order chi connectivity index (χ0) is 14.1. The van der Waals surface area contributed by atoms with Crippen LogP contribution >= 0.6 is 24.8 Å². The number of hydrogen-bond donors (Lipinski definition) is 1. The van der Waals surface area contributed by atoms with Crippen molar-refractivity contribution in [2.24, 2.45) is 18.7 Å². The summed E-state index contributed by atoms with van der Waals surface area (Å²) >= 11 is 0. The maximum Gasteiger partial charge on any atom is 0.225 e. The quantitative estimate of drug-likeness (QED) is 0.889. The van der Waals surface area contributed by atoms with E-state index in [1.54, 1.807) is 0 Å². The Morgan fingerprint density at radius 3 is 2.73 bits per heavy atom. The molecule has 0 spiro atoms. The number of nitrogens with zero attached hydrogens (tertiary/aromatic N) is 3. The number of likely N-dealkylation sites (tertiary alicyclic amines) is 1. The minimum absolute atomic E-state index is 0. The second-order valence-electron chi connectivity index (χ2n) is 6.34. The number of aromatic nitrogens is 2. The van der Waals surface area contributed by atoms with Crippen molar-refractivity contribution in [2.75, 3.05) is 13.1 Å². The van der Waals surface area contributed by atoms with Crippen LogP contribution in [0.5, 0.6) is 0 Å². The number of carbonyl (C=O) groups excluding carboxylic acids is 1. The third-order valence-electron chi connectivity index (χ3n) is 4.76. The van der Waals surface area contributed by atoms with Crippen LogP contribution < -0.4 is 5.73 Å². The molecule has 2 fully saturated rings. The molecule has 0 aromatic carbocycles. The van der Waals surface area contributed by atoms with E-state index < -0.39 is 0 Å². The molecule has 1 aromatic heterocycles. The van der Waals surface area contributed by atoms with Crippen molar-refractivity contribution in [3.05, 3.63) is 18.0 Å². The van der Waals surface area contributed by atoms with Crippen molar-refractivity contribution in [2.45, 2.75) is 44.1 Å². The zero-order valence-corrected chi connectivity index (χ0v) is 14.6. The van der Waals surface area contributed by atoms with Crippen LogP contribution in [-0.2, 0) is 11.8 Å². The highest BCUT2D eigenvalue weighted by molar-refractivity contribution is 5.85. The van der Waals surface area contributed by atoms with E-state index in [2.05, 4.69) is 11.3 Å². The van der Waals surface area contributed by atoms with Gasteiger partial charge in [-0.25, -0.2) is 0 Å². The summed E-state index contributed by atoms with van der Waals surface area (Å²) in [5.41, 5.74) is 7.25. The Bertz CT molecular complexity index is 494. The van der Waals surface area contributed by atoms with Gasteiger partial charge >= 0.3 is 0 Å². The SMILES string of the molecule is Cl.Cl.Cn1cc(C2CCN(C(=O)C3CCCC(N)C3)C2)cn1. The molecule has 22 heavy (non-hydrogen) atoms. The van der Waals surface area contributed by atoms with Crippen LogP contribution in [0.15, 0.2) is 12.4 Å². The van der Waals surface area contributed by atoms with Crippen molar-refractivity contribution in [1.29, 1.82) is 0 Å². The lowest BCUT2D eigenvalue weighted by Crippen LogP contribution is -2.39. The predicted molar refractivity (Wildman–Crippen MR) is 91.6 cm³/mol. The number of amides is 1. The molecule has 3 atom stereocenters. The Hall–Kier alpha value is -0.780. The topological polar surface area (TPSA) is 64.2 Å². The first-order valence-electron chi connectivity index (χ1n) is 7.66. The van der Waals surface area contributed by atoms with Gasteiger partial charge in [-0.15, -0.1) is 24.8 Å². The fraction of sp³-hybridized carbons (Fsp3) is 0.733. The van der Waals surface area contributed by atoms with Gasteiger partial charge in [0.05, 0.1) is 6.20 Å². The van der Waals surface area contributed by atoms with E-state index in [9.17, 15) is 4.79 Å². The fourth-order valence-electron chi connectivity index (χ4n) is 3.59. The molecule has 1 saturated carbocycles. The molecule has 7 heteroatoms. The van der Waals surface area contributed by atoms with Crippen LogP contribution in [0.25, 0.3) is 0 Å². The molecule has 5 nitrogen and oxygen atoms in total. The van der Waals surface area contributed by atoms with E-state index in [1.165, 1.54) is 5.56 Å². The van der Waals surface area contributed by atoms with Gasteiger partial charge in [0, 0.05) is 44.2 Å². The van der Waals surface area contributed by atoms with Crippen molar-refractivity contribution in [1.82, 2.24) is 14.7 Å². The maximum absolute atomic E-state index is 12.6. The molecule has 0 radical (unpaired) electrons. The van der Waals surface area contributed by atoms with E-state index in [0.29, 0.717) is 11.8 Å². The van der Waals surface area contributed by atoms with Gasteiger partial charge in [0.15, 0.2) is 0 Å². The highest BCUT2D eigenvalue weighted by Gasteiger charge is 2.33. The second-order valence-corrected chi connectivity index (χ2v) is 6.34. The van der Waals surface area contributed by atoms with Crippen LogP contribution in [0.1, 0.15) is 43.6 Å². The number of nitrogens with two attached hydrogens (primary N) is 1. The summed E-state index contributed by atoms with van der Waals surface area (Å²) in [4.78, 5) is 14.6. The van der Waals surface area contributed by atoms with Crippen molar-refractivity contribution in [3.8, 4) is 0 Å². The van der Waals surface area contributed by atoms with E-state index in [4.69, 9.17) is 5.73 Å². The molecule has 1 saturated heterocycles. The monoisotopic (exact) mass is 348 g/mol. The van der Waals surface area contributed by atoms with E-state index >= 15 is 0 Å². The molecule has 2 heterocycles. The molecule has 3 rings (SSSR count). The number of hydrogen-bond acceptors (Lipinski definition) is 3. The summed E-state index contributed by atoms with van der Waals surface area (Å²) in [7, 11) is 1.94. The van der Waals surface area contributed by atoms with Gasteiger partial charge < -0.3 is 10.6 Å². The Kier molecular flexibility index (Phi) is 7.16. The lowest BCUT2D eigenvalue weighted by molar-refractivity contribution is -0.135. The van der Waals surface area contributed by atoms with Crippen LogP contribution in [-0.4, -0.2) is 39.7 Å².